The van der Waals surface area contributed by atoms with Gasteiger partial charge in [0, 0.05) is 0 Å². The molecule has 29 heavy (non-hydrogen) atoms. The third kappa shape index (κ3) is 25.6. The van der Waals surface area contributed by atoms with Gasteiger partial charge in [0.15, 0.2) is 0 Å². The molecule has 0 aliphatic rings. The van der Waals surface area contributed by atoms with Crippen LogP contribution in [0.3, 0.4) is 0 Å². The van der Waals surface area contributed by atoms with Crippen LogP contribution < -0.4 is 5.48 Å². The summed E-state index contributed by atoms with van der Waals surface area (Å²) in [7, 11) is 0. The second-order valence-corrected chi connectivity index (χ2v) is 9.11. The van der Waals surface area contributed by atoms with Gasteiger partial charge in [-0.05, 0) is 6.42 Å². The predicted octanol–water partition coefficient (Wildman–Crippen LogP) is 7.96. The number of nitrogens with two attached hydrogens (primary N) is 1. The fourth-order valence-corrected chi connectivity index (χ4v) is 4.14. The van der Waals surface area contributed by atoms with Gasteiger partial charge in [-0.25, -0.2) is 4.79 Å². The largest absolute Gasteiger partial charge is 0.628 e. The van der Waals surface area contributed by atoms with Crippen LogP contribution in [-0.4, -0.2) is 5.91 Å². The molecule has 0 rings (SSSR count). The molecule has 0 aromatic carbocycles. The van der Waals surface area contributed by atoms with Crippen LogP contribution in [0.5, 0.6) is 0 Å². The minimum absolute atomic E-state index is 0.242. The second-order valence-electron chi connectivity index (χ2n) is 9.11. The lowest BCUT2D eigenvalue weighted by molar-refractivity contribution is -0.500. The second kappa shape index (κ2) is 25.6. The summed E-state index contributed by atoms with van der Waals surface area (Å²) in [5.74, 6) is -0.242. The smallest absolute Gasteiger partial charge is 0.310 e. The van der Waals surface area contributed by atoms with E-state index >= 15 is 0 Å². The van der Waals surface area contributed by atoms with Crippen LogP contribution in [0.2, 0.25) is 0 Å². The zero-order valence-electron chi connectivity index (χ0n) is 19.9. The number of hydrogen-bond donors (Lipinski definition) is 1. The van der Waals surface area contributed by atoms with E-state index in [0.717, 1.165) is 12.8 Å². The number of quaternary nitrogens is 1. The highest BCUT2D eigenvalue weighted by atomic mass is 16.5. The number of primary amides is 1. The van der Waals surface area contributed by atoms with E-state index in [-0.39, 0.29) is 5.91 Å². The van der Waals surface area contributed by atoms with Crippen molar-refractivity contribution >= 4 is 5.91 Å². The first kappa shape index (κ1) is 28.6. The van der Waals surface area contributed by atoms with Crippen LogP contribution in [0.1, 0.15) is 161 Å². The van der Waals surface area contributed by atoms with Crippen LogP contribution in [0.4, 0.5) is 0 Å². The summed E-state index contributed by atoms with van der Waals surface area (Å²) in [6.07, 6.45) is 32.1. The molecule has 0 fully saturated rings. The highest BCUT2D eigenvalue weighted by Gasteiger charge is 2.00. The summed E-state index contributed by atoms with van der Waals surface area (Å²) in [6.45, 7) is 2.29. The summed E-state index contributed by atoms with van der Waals surface area (Å²) < 4.78 is 0. The molecule has 2 N–H and O–H groups in total. The summed E-state index contributed by atoms with van der Waals surface area (Å²) in [4.78, 5) is 10.9. The van der Waals surface area contributed by atoms with Gasteiger partial charge in [0.2, 0.25) is 0 Å². The average molecular weight is 412 g/mol. The van der Waals surface area contributed by atoms with Crippen LogP contribution >= 0.6 is 0 Å². The molecule has 3 heteroatoms. The molecule has 0 radical (unpaired) electrons. The molecule has 0 aromatic rings. The van der Waals surface area contributed by atoms with E-state index in [4.69, 9.17) is 0 Å². The van der Waals surface area contributed by atoms with Crippen LogP contribution in [0.25, 0.3) is 0 Å². The Hall–Kier alpha value is -0.410. The number of amides is 1. The van der Waals surface area contributed by atoms with Gasteiger partial charge in [-0.3, -0.25) is 0 Å². The Morgan fingerprint density at radius 1 is 0.483 bits per heavy atom. The first-order valence-corrected chi connectivity index (χ1v) is 13.3. The van der Waals surface area contributed by atoms with Crippen molar-refractivity contribution in [3.63, 3.8) is 0 Å². The van der Waals surface area contributed by atoms with Crippen molar-refractivity contribution in [2.75, 3.05) is 0 Å². The monoisotopic (exact) mass is 411 g/mol. The van der Waals surface area contributed by atoms with Crippen molar-refractivity contribution in [1.82, 2.24) is 0 Å². The molecular formula is C26H53NO2. The quantitative estimate of drug-likeness (QED) is 0.129. The van der Waals surface area contributed by atoms with Crippen LogP contribution in [0, 0.1) is 5.21 Å². The van der Waals surface area contributed by atoms with E-state index in [9.17, 15) is 10.0 Å². The lowest BCUT2D eigenvalue weighted by Crippen LogP contribution is -2.81. The predicted molar refractivity (Wildman–Crippen MR) is 127 cm³/mol. The van der Waals surface area contributed by atoms with E-state index in [1.165, 1.54) is 135 Å². The molecule has 0 saturated heterocycles. The number of hydroxylamine groups is 1. The highest BCUT2D eigenvalue weighted by molar-refractivity contribution is 5.65. The summed E-state index contributed by atoms with van der Waals surface area (Å²) in [5, 5.41) is 10.2. The highest BCUT2D eigenvalue weighted by Crippen LogP contribution is 2.15. The molecule has 174 valence electrons. The van der Waals surface area contributed by atoms with Crippen molar-refractivity contribution in [3.8, 4) is 0 Å². The van der Waals surface area contributed by atoms with Gasteiger partial charge >= 0.3 is 5.91 Å². The fourth-order valence-electron chi connectivity index (χ4n) is 4.14. The molecule has 0 heterocycles. The third-order valence-electron chi connectivity index (χ3n) is 6.16. The molecule has 0 aliphatic carbocycles. The molecule has 0 atom stereocenters. The van der Waals surface area contributed by atoms with Crippen molar-refractivity contribution in [2.24, 2.45) is 0 Å². The number of hydrogen-bond acceptors (Lipinski definition) is 2. The fraction of sp³-hybridized carbons (Fsp3) is 0.962. The first-order chi connectivity index (χ1) is 14.3. The van der Waals surface area contributed by atoms with E-state index in [1.54, 1.807) is 0 Å². The number of carbonyl (C=O) groups is 1. The number of unbranched alkanes of at least 4 members (excludes halogenated alkanes) is 22. The topological polar surface area (TPSA) is 56.7 Å². The average Bonchev–Trinajstić information content (AvgIpc) is 2.74. The third-order valence-corrected chi connectivity index (χ3v) is 6.16. The molecule has 0 aromatic heterocycles. The van der Waals surface area contributed by atoms with Gasteiger partial charge in [0.25, 0.3) is 0 Å². The molecule has 1 amide bonds. The lowest BCUT2D eigenvalue weighted by Gasteiger charge is -2.04. The summed E-state index contributed by atoms with van der Waals surface area (Å²) >= 11 is 0. The van der Waals surface area contributed by atoms with E-state index in [1.807, 2.05) is 0 Å². The lowest BCUT2D eigenvalue weighted by atomic mass is 10.0. The Kier molecular flexibility index (Phi) is 25.3. The minimum Gasteiger partial charge on any atom is -0.628 e. The van der Waals surface area contributed by atoms with Gasteiger partial charge < -0.3 is 10.7 Å². The molecular weight excluding hydrogens is 358 g/mol. The number of carbonyl (C=O) groups excluding carboxylic acids is 1. The van der Waals surface area contributed by atoms with E-state index in [0.29, 0.717) is 11.9 Å². The van der Waals surface area contributed by atoms with Crippen molar-refractivity contribution in [3.05, 3.63) is 5.21 Å². The zero-order valence-corrected chi connectivity index (χ0v) is 19.9. The molecule has 0 bridgehead atoms. The van der Waals surface area contributed by atoms with Gasteiger partial charge in [-0.1, -0.05) is 148 Å². The maximum Gasteiger partial charge on any atom is 0.310 e. The number of rotatable bonds is 24. The summed E-state index contributed by atoms with van der Waals surface area (Å²) in [6, 6.07) is 0. The minimum atomic E-state index is -0.242. The Labute approximate surface area is 182 Å². The standard InChI is InChI=1S/C26H53NO2/c1-2-3-4-5-6-7-8-9-10-11-12-13-14-15-16-17-18-19-20-21-22-23-24-25-26(28)27-29/h2-25,27H2,1H3. The maximum absolute atomic E-state index is 10.9. The van der Waals surface area contributed by atoms with Crippen LogP contribution in [-0.2, 0) is 4.79 Å². The van der Waals surface area contributed by atoms with Gasteiger partial charge in [-0.2, -0.15) is 0 Å². The van der Waals surface area contributed by atoms with Crippen molar-refractivity contribution in [1.29, 1.82) is 0 Å². The van der Waals surface area contributed by atoms with Crippen LogP contribution in [0.15, 0.2) is 0 Å². The van der Waals surface area contributed by atoms with Gasteiger partial charge in [0.05, 0.1) is 6.42 Å². The van der Waals surface area contributed by atoms with Gasteiger partial charge in [-0.15, -0.1) is 0 Å². The molecule has 3 nitrogen and oxygen atoms in total. The first-order valence-electron chi connectivity index (χ1n) is 13.3. The Bertz CT molecular complexity index is 320. The maximum atomic E-state index is 10.9. The van der Waals surface area contributed by atoms with Gasteiger partial charge in [0.1, 0.15) is 0 Å². The van der Waals surface area contributed by atoms with E-state index < -0.39 is 0 Å². The summed E-state index contributed by atoms with van der Waals surface area (Å²) in [5.41, 5.74) is 0.456. The molecule has 0 unspecified atom stereocenters. The van der Waals surface area contributed by atoms with E-state index in [2.05, 4.69) is 6.92 Å². The molecule has 0 saturated carbocycles. The molecule has 0 spiro atoms. The molecule has 0 aliphatic heterocycles. The normalized spacial score (nSPS) is 11.2. The van der Waals surface area contributed by atoms with Crippen molar-refractivity contribution < 1.29 is 10.3 Å². The van der Waals surface area contributed by atoms with Crippen molar-refractivity contribution in [2.45, 2.75) is 161 Å². The Morgan fingerprint density at radius 3 is 0.966 bits per heavy atom. The zero-order chi connectivity index (χ0) is 21.3. The SMILES string of the molecule is CCCCCCCCCCCCCCCCCCCCCCCCCC(=O)[NH2+][O-]. The Balaban J connectivity index is 3.01. The Morgan fingerprint density at radius 2 is 0.724 bits per heavy atom.